The number of imidazole rings is 1. The molecule has 1 fully saturated rings. The van der Waals surface area contributed by atoms with Gasteiger partial charge in [-0.2, -0.15) is 0 Å². The summed E-state index contributed by atoms with van der Waals surface area (Å²) in [5, 5.41) is 0. The Bertz CT molecular complexity index is 667. The van der Waals surface area contributed by atoms with Crippen molar-refractivity contribution in [1.29, 1.82) is 0 Å². The summed E-state index contributed by atoms with van der Waals surface area (Å²) < 4.78 is 3.15. The highest BCUT2D eigenvalue weighted by atomic mass is 35.5. The third-order valence-corrected chi connectivity index (χ3v) is 5.31. The molecular weight excluding hydrogens is 329 g/mol. The van der Waals surface area contributed by atoms with Crippen molar-refractivity contribution < 1.29 is 4.79 Å². The predicted molar refractivity (Wildman–Crippen MR) is 85.5 cm³/mol. The summed E-state index contributed by atoms with van der Waals surface area (Å²) in [6.07, 6.45) is 5.80. The molecule has 3 heterocycles. The van der Waals surface area contributed by atoms with Crippen molar-refractivity contribution in [3.8, 4) is 0 Å². The van der Waals surface area contributed by atoms with Crippen LogP contribution in [0.3, 0.4) is 0 Å². The quantitative estimate of drug-likeness (QED) is 0.825. The first-order valence-corrected chi connectivity index (χ1v) is 8.37. The van der Waals surface area contributed by atoms with Crippen LogP contribution < -0.4 is 0 Å². The number of carbonyl (C=O) groups is 1. The summed E-state index contributed by atoms with van der Waals surface area (Å²) in [5.41, 5.74) is 0.509. The normalized spacial score (nSPS) is 19.0. The number of hydrogen-bond acceptors (Lipinski definition) is 3. The van der Waals surface area contributed by atoms with Crippen molar-refractivity contribution in [3.05, 3.63) is 38.5 Å². The van der Waals surface area contributed by atoms with E-state index in [1.54, 1.807) is 12.3 Å². The van der Waals surface area contributed by atoms with E-state index in [4.69, 9.17) is 23.2 Å². The van der Waals surface area contributed by atoms with Crippen LogP contribution in [0.5, 0.6) is 0 Å². The lowest BCUT2D eigenvalue weighted by molar-refractivity contribution is 0.0679. The molecule has 21 heavy (non-hydrogen) atoms. The largest absolute Gasteiger partial charge is 0.336 e. The molecule has 3 rings (SSSR count). The van der Waals surface area contributed by atoms with E-state index in [1.165, 1.54) is 11.3 Å². The van der Waals surface area contributed by atoms with E-state index in [1.807, 2.05) is 18.0 Å². The number of thiophene rings is 1. The van der Waals surface area contributed by atoms with Crippen molar-refractivity contribution in [3.63, 3.8) is 0 Å². The molecule has 1 aliphatic rings. The van der Waals surface area contributed by atoms with E-state index in [2.05, 4.69) is 9.55 Å². The van der Waals surface area contributed by atoms with E-state index in [0.29, 0.717) is 20.8 Å². The minimum absolute atomic E-state index is 0.0365. The summed E-state index contributed by atoms with van der Waals surface area (Å²) in [4.78, 5) is 18.7. The van der Waals surface area contributed by atoms with Crippen LogP contribution in [-0.4, -0.2) is 33.4 Å². The molecule has 1 aliphatic heterocycles. The topological polar surface area (TPSA) is 38.1 Å². The van der Waals surface area contributed by atoms with E-state index in [0.717, 1.165) is 25.2 Å². The second-order valence-electron chi connectivity index (χ2n) is 5.17. The van der Waals surface area contributed by atoms with Crippen LogP contribution in [0.15, 0.2) is 18.5 Å². The standard InChI is InChI=1S/C14H15Cl2N3OS/c1-9-17-4-6-19(9)10-3-2-5-18(8-10)14(20)11-7-12(15)21-13(11)16/h4,6-7,10H,2-3,5,8H2,1H3. The van der Waals surface area contributed by atoms with E-state index in [-0.39, 0.29) is 11.9 Å². The fourth-order valence-electron chi connectivity index (χ4n) is 2.80. The zero-order valence-corrected chi connectivity index (χ0v) is 13.9. The first-order valence-electron chi connectivity index (χ1n) is 6.80. The van der Waals surface area contributed by atoms with E-state index in [9.17, 15) is 4.79 Å². The van der Waals surface area contributed by atoms with Crippen LogP contribution >= 0.6 is 34.5 Å². The third kappa shape index (κ3) is 2.96. The monoisotopic (exact) mass is 343 g/mol. The fourth-order valence-corrected chi connectivity index (χ4v) is 4.24. The van der Waals surface area contributed by atoms with Crippen LogP contribution in [0.4, 0.5) is 0 Å². The number of nitrogens with zero attached hydrogens (tertiary/aromatic N) is 3. The van der Waals surface area contributed by atoms with Gasteiger partial charge in [0, 0.05) is 25.5 Å². The number of rotatable bonds is 2. The summed E-state index contributed by atoms with van der Waals surface area (Å²) >= 11 is 13.3. The van der Waals surface area contributed by atoms with Gasteiger partial charge in [-0.05, 0) is 25.8 Å². The van der Waals surface area contributed by atoms with Crippen molar-refractivity contribution in [2.75, 3.05) is 13.1 Å². The second kappa shape index (κ2) is 5.99. The van der Waals surface area contributed by atoms with Gasteiger partial charge in [-0.25, -0.2) is 4.98 Å². The van der Waals surface area contributed by atoms with Crippen molar-refractivity contribution in [2.24, 2.45) is 0 Å². The number of hydrogen-bond donors (Lipinski definition) is 0. The number of carbonyl (C=O) groups excluding carboxylic acids is 1. The third-order valence-electron chi connectivity index (χ3n) is 3.83. The Morgan fingerprint density at radius 2 is 2.29 bits per heavy atom. The van der Waals surface area contributed by atoms with Crippen molar-refractivity contribution in [1.82, 2.24) is 14.5 Å². The molecule has 2 aromatic heterocycles. The van der Waals surface area contributed by atoms with Crippen molar-refractivity contribution >= 4 is 40.4 Å². The van der Waals surface area contributed by atoms with Gasteiger partial charge in [-0.3, -0.25) is 4.79 Å². The smallest absolute Gasteiger partial charge is 0.256 e. The zero-order chi connectivity index (χ0) is 15.0. The minimum atomic E-state index is -0.0365. The first-order chi connectivity index (χ1) is 10.1. The average Bonchev–Trinajstić information content (AvgIpc) is 3.03. The molecule has 1 atom stereocenters. The van der Waals surface area contributed by atoms with Gasteiger partial charge in [-0.15, -0.1) is 11.3 Å². The Morgan fingerprint density at radius 1 is 1.48 bits per heavy atom. The van der Waals surface area contributed by atoms with Crippen LogP contribution in [0.25, 0.3) is 0 Å². The molecule has 112 valence electrons. The molecule has 7 heteroatoms. The Balaban J connectivity index is 1.79. The zero-order valence-electron chi connectivity index (χ0n) is 11.6. The number of amides is 1. The summed E-state index contributed by atoms with van der Waals surface area (Å²) in [6.45, 7) is 3.42. The second-order valence-corrected chi connectivity index (χ2v) is 7.45. The van der Waals surface area contributed by atoms with Gasteiger partial charge in [0.1, 0.15) is 10.2 Å². The van der Waals surface area contributed by atoms with Gasteiger partial charge < -0.3 is 9.47 Å². The Labute approximate surface area is 137 Å². The molecule has 0 spiro atoms. The maximum Gasteiger partial charge on any atom is 0.256 e. The molecular formula is C14H15Cl2N3OS. The highest BCUT2D eigenvalue weighted by Gasteiger charge is 2.27. The predicted octanol–water partition coefficient (Wildman–Crippen LogP) is 4.04. The first kappa shape index (κ1) is 14.9. The Hall–Kier alpha value is -1.04. The molecule has 0 aromatic carbocycles. The molecule has 2 aromatic rings. The number of likely N-dealkylation sites (tertiary alicyclic amines) is 1. The number of aryl methyl sites for hydroxylation is 1. The highest BCUT2D eigenvalue weighted by molar-refractivity contribution is 7.20. The van der Waals surface area contributed by atoms with Crippen LogP contribution in [0.2, 0.25) is 8.67 Å². The molecule has 1 unspecified atom stereocenters. The molecule has 0 N–H and O–H groups in total. The molecule has 0 aliphatic carbocycles. The van der Waals surface area contributed by atoms with Gasteiger partial charge in [-0.1, -0.05) is 23.2 Å². The molecule has 4 nitrogen and oxygen atoms in total. The molecule has 1 amide bonds. The average molecular weight is 344 g/mol. The van der Waals surface area contributed by atoms with Gasteiger partial charge in [0.15, 0.2) is 0 Å². The maximum atomic E-state index is 12.6. The van der Waals surface area contributed by atoms with Gasteiger partial charge in [0.05, 0.1) is 15.9 Å². The number of aromatic nitrogens is 2. The summed E-state index contributed by atoms with van der Waals surface area (Å²) in [6, 6.07) is 1.93. The van der Waals surface area contributed by atoms with E-state index >= 15 is 0 Å². The fraction of sp³-hybridized carbons (Fsp3) is 0.429. The Morgan fingerprint density at radius 3 is 2.90 bits per heavy atom. The van der Waals surface area contributed by atoms with Crippen LogP contribution in [-0.2, 0) is 0 Å². The van der Waals surface area contributed by atoms with Crippen LogP contribution in [0.1, 0.15) is 35.1 Å². The minimum Gasteiger partial charge on any atom is -0.336 e. The molecule has 0 radical (unpaired) electrons. The van der Waals surface area contributed by atoms with Gasteiger partial charge >= 0.3 is 0 Å². The number of piperidine rings is 1. The lowest BCUT2D eigenvalue weighted by Gasteiger charge is -2.33. The van der Waals surface area contributed by atoms with Crippen LogP contribution in [0, 0.1) is 6.92 Å². The lowest BCUT2D eigenvalue weighted by Crippen LogP contribution is -2.40. The summed E-state index contributed by atoms with van der Waals surface area (Å²) in [5.74, 6) is 0.941. The van der Waals surface area contributed by atoms with E-state index < -0.39 is 0 Å². The highest BCUT2D eigenvalue weighted by Crippen LogP contribution is 2.33. The van der Waals surface area contributed by atoms with Crippen molar-refractivity contribution in [2.45, 2.75) is 25.8 Å². The molecule has 1 saturated heterocycles. The van der Waals surface area contributed by atoms with Gasteiger partial charge in [0.25, 0.3) is 5.91 Å². The Kier molecular flexibility index (Phi) is 4.24. The SMILES string of the molecule is Cc1nccn1C1CCCN(C(=O)c2cc(Cl)sc2Cl)C1. The number of halogens is 2. The summed E-state index contributed by atoms with van der Waals surface area (Å²) in [7, 11) is 0. The maximum absolute atomic E-state index is 12.6. The lowest BCUT2D eigenvalue weighted by atomic mass is 10.0. The van der Waals surface area contributed by atoms with Gasteiger partial charge in [0.2, 0.25) is 0 Å². The molecule has 0 bridgehead atoms. The molecule has 0 saturated carbocycles.